The third kappa shape index (κ3) is 14.3. The largest absolute Gasteiger partial charge is 0.457 e. The van der Waals surface area contributed by atoms with Crippen LogP contribution in [0.4, 0.5) is 0 Å². The molecule has 4 aromatic rings. The first-order valence-corrected chi connectivity index (χ1v) is 31.8. The number of piperazine rings is 2. The van der Waals surface area contributed by atoms with E-state index in [1.807, 2.05) is 77.9 Å². The van der Waals surface area contributed by atoms with Crippen molar-refractivity contribution >= 4 is 49.6 Å². The first-order valence-electron chi connectivity index (χ1n) is 28.9. The van der Waals surface area contributed by atoms with Gasteiger partial charge in [-0.15, -0.1) is 0 Å². The highest BCUT2D eigenvalue weighted by Gasteiger charge is 2.47. The second kappa shape index (κ2) is 25.9. The fourth-order valence-electron chi connectivity index (χ4n) is 11.4. The standard InChI is InChI=1S/C61H84N10O10S2/c1-39(62-9)55(72)66-53(60(3,4)5)58(75)70-35-33-68(37-51(70)57(74)65-50-24-16-20-42-18-12-14-22-48(42)50)82(77,78)45-29-25-43(26-30-45)81-44-27-31-46(32-28-44)83(79,80)69-34-36-71(59(76)54(61(6,7)8)67-56(73)40(2)63-10)52(38-69)64-49-23-15-19-41-17-11-13-21-47(41)49/h11-14,17-18,21-22,25-32,39-40,49-54,62-64H,15-16,19-20,23-24,33-38H2,1-10H3,(H,65,74)(H,66,72)(H,67,73)/t39-,40-,49+,50+,51-,52-,53+,54+/m0/s1. The topological polar surface area (TPSA) is 248 Å². The van der Waals surface area contributed by atoms with Crippen LogP contribution in [0.1, 0.15) is 115 Å². The molecule has 2 aliphatic carbocycles. The van der Waals surface area contributed by atoms with E-state index in [0.29, 0.717) is 6.42 Å². The van der Waals surface area contributed by atoms with E-state index in [2.05, 4.69) is 44.0 Å². The molecule has 5 amide bonds. The molecule has 8 rings (SSSR count). The molecule has 83 heavy (non-hydrogen) atoms. The van der Waals surface area contributed by atoms with Gasteiger partial charge in [-0.1, -0.05) is 90.1 Å². The minimum absolute atomic E-state index is 0.00379. The number of aryl methyl sites for hydroxylation is 2. The second-order valence-electron chi connectivity index (χ2n) is 24.5. The molecule has 4 aromatic carbocycles. The summed E-state index contributed by atoms with van der Waals surface area (Å²) in [5.74, 6) is -1.47. The maximum atomic E-state index is 14.7. The Morgan fingerprint density at radius 2 is 0.976 bits per heavy atom. The molecule has 0 spiro atoms. The van der Waals surface area contributed by atoms with Gasteiger partial charge in [0.2, 0.25) is 49.6 Å². The molecule has 0 saturated carbocycles. The van der Waals surface area contributed by atoms with Crippen LogP contribution in [-0.4, -0.2) is 155 Å². The molecule has 450 valence electrons. The van der Waals surface area contributed by atoms with Crippen molar-refractivity contribution in [1.29, 1.82) is 0 Å². The third-order valence-electron chi connectivity index (χ3n) is 16.6. The van der Waals surface area contributed by atoms with Gasteiger partial charge in [0.05, 0.1) is 34.1 Å². The predicted molar refractivity (Wildman–Crippen MR) is 317 cm³/mol. The summed E-state index contributed by atoms with van der Waals surface area (Å²) in [5.41, 5.74) is 2.96. The maximum Gasteiger partial charge on any atom is 0.247 e. The second-order valence-corrected chi connectivity index (χ2v) is 28.3. The van der Waals surface area contributed by atoms with Gasteiger partial charge in [0.15, 0.2) is 0 Å². The number of fused-ring (bicyclic) bond motifs is 2. The summed E-state index contributed by atoms with van der Waals surface area (Å²) < 4.78 is 66.8. The molecular weight excluding hydrogens is 1100 g/mol. The zero-order valence-electron chi connectivity index (χ0n) is 49.5. The van der Waals surface area contributed by atoms with Crippen molar-refractivity contribution in [1.82, 2.24) is 50.3 Å². The normalized spacial score (nSPS) is 21.5. The average Bonchev–Trinajstić information content (AvgIpc) is 3.03. The molecule has 2 aliphatic heterocycles. The van der Waals surface area contributed by atoms with Gasteiger partial charge in [0.25, 0.3) is 0 Å². The molecule has 8 atom stereocenters. The highest BCUT2D eigenvalue weighted by molar-refractivity contribution is 7.89. The quantitative estimate of drug-likeness (QED) is 0.0771. The molecule has 2 saturated heterocycles. The van der Waals surface area contributed by atoms with E-state index in [9.17, 15) is 40.8 Å². The van der Waals surface area contributed by atoms with Crippen LogP contribution in [0.5, 0.6) is 11.5 Å². The summed E-state index contributed by atoms with van der Waals surface area (Å²) in [7, 11) is -5.06. The number of benzene rings is 4. The average molecular weight is 1180 g/mol. The van der Waals surface area contributed by atoms with E-state index in [1.54, 1.807) is 32.8 Å². The lowest BCUT2D eigenvalue weighted by atomic mass is 9.85. The summed E-state index contributed by atoms with van der Waals surface area (Å²) in [6, 6.07) is 22.9. The molecule has 0 radical (unpaired) electrons. The zero-order valence-corrected chi connectivity index (χ0v) is 51.2. The maximum absolute atomic E-state index is 14.7. The van der Waals surface area contributed by atoms with E-state index in [4.69, 9.17) is 4.74 Å². The van der Waals surface area contributed by atoms with Crippen molar-refractivity contribution < 1.29 is 45.5 Å². The number of hydrogen-bond acceptors (Lipinski definition) is 13. The lowest BCUT2D eigenvalue weighted by Gasteiger charge is -2.45. The molecule has 0 unspecified atom stereocenters. The van der Waals surface area contributed by atoms with E-state index >= 15 is 0 Å². The van der Waals surface area contributed by atoms with Gasteiger partial charge in [-0.2, -0.15) is 8.61 Å². The van der Waals surface area contributed by atoms with Crippen LogP contribution in [-0.2, 0) is 56.9 Å². The first kappa shape index (κ1) is 62.8. The van der Waals surface area contributed by atoms with Crippen molar-refractivity contribution in [2.24, 2.45) is 10.8 Å². The smallest absolute Gasteiger partial charge is 0.247 e. The number of rotatable bonds is 18. The Morgan fingerprint density at radius 3 is 1.45 bits per heavy atom. The van der Waals surface area contributed by atoms with Crippen LogP contribution >= 0.6 is 0 Å². The highest BCUT2D eigenvalue weighted by atomic mass is 32.2. The molecule has 20 nitrogen and oxygen atoms in total. The number of nitrogens with one attached hydrogen (secondary N) is 6. The van der Waals surface area contributed by atoms with Crippen LogP contribution in [0.2, 0.25) is 0 Å². The molecule has 0 bridgehead atoms. The number of amides is 5. The van der Waals surface area contributed by atoms with E-state index in [-0.39, 0.29) is 84.5 Å². The number of likely N-dealkylation sites (N-methyl/N-ethyl adjacent to an activating group) is 2. The van der Waals surface area contributed by atoms with Gasteiger partial charge in [-0.05, 0) is 148 Å². The lowest BCUT2D eigenvalue weighted by Crippen LogP contribution is -2.66. The fraction of sp³-hybridized carbons (Fsp3) is 0.525. The minimum Gasteiger partial charge on any atom is -0.457 e. The Hall–Kier alpha value is -6.27. The van der Waals surface area contributed by atoms with Gasteiger partial charge in [-0.25, -0.2) is 16.8 Å². The molecule has 2 heterocycles. The van der Waals surface area contributed by atoms with Crippen molar-refractivity contribution in [2.75, 3.05) is 53.4 Å². The Morgan fingerprint density at radius 1 is 0.554 bits per heavy atom. The minimum atomic E-state index is -4.25. The molecule has 4 aliphatic rings. The van der Waals surface area contributed by atoms with Gasteiger partial charge < -0.3 is 41.1 Å². The van der Waals surface area contributed by atoms with E-state index in [0.717, 1.165) is 48.8 Å². The number of ether oxygens (including phenoxy) is 1. The van der Waals surface area contributed by atoms with Crippen molar-refractivity contribution in [3.8, 4) is 11.5 Å². The zero-order chi connectivity index (χ0) is 60.2. The van der Waals surface area contributed by atoms with Crippen LogP contribution < -0.4 is 36.6 Å². The van der Waals surface area contributed by atoms with Crippen molar-refractivity contribution in [3.05, 3.63) is 119 Å². The molecule has 6 N–H and O–H groups in total. The van der Waals surface area contributed by atoms with E-state index < -0.39 is 85.0 Å². The number of nitrogens with zero attached hydrogens (tertiary/aromatic N) is 4. The lowest BCUT2D eigenvalue weighted by molar-refractivity contribution is -0.148. The monoisotopic (exact) mass is 1180 g/mol. The Balaban J connectivity index is 0.973. The number of carbonyl (C=O) groups excluding carboxylic acids is 5. The number of carbonyl (C=O) groups is 5. The first-order chi connectivity index (χ1) is 39.2. The third-order valence-corrected chi connectivity index (χ3v) is 20.4. The number of sulfonamides is 2. The van der Waals surface area contributed by atoms with Gasteiger partial charge in [-0.3, -0.25) is 29.3 Å². The summed E-state index contributed by atoms with van der Waals surface area (Å²) in [6.45, 7) is 14.0. The summed E-state index contributed by atoms with van der Waals surface area (Å²) >= 11 is 0. The van der Waals surface area contributed by atoms with Crippen LogP contribution in [0.3, 0.4) is 0 Å². The van der Waals surface area contributed by atoms with Gasteiger partial charge >= 0.3 is 0 Å². The molecule has 0 aromatic heterocycles. The van der Waals surface area contributed by atoms with Gasteiger partial charge in [0, 0.05) is 45.3 Å². The predicted octanol–water partition coefficient (Wildman–Crippen LogP) is 4.98. The Kier molecular flexibility index (Phi) is 19.6. The Labute approximate surface area is 490 Å². The van der Waals surface area contributed by atoms with Crippen molar-refractivity contribution in [3.63, 3.8) is 0 Å². The van der Waals surface area contributed by atoms with Crippen LogP contribution in [0.15, 0.2) is 107 Å². The fourth-order valence-corrected chi connectivity index (χ4v) is 14.3. The highest BCUT2D eigenvalue weighted by Crippen LogP contribution is 2.35. The van der Waals surface area contributed by atoms with Crippen LogP contribution in [0, 0.1) is 10.8 Å². The summed E-state index contributed by atoms with van der Waals surface area (Å²) in [5, 5.41) is 18.5. The van der Waals surface area contributed by atoms with Gasteiger partial charge in [0.1, 0.15) is 29.6 Å². The van der Waals surface area contributed by atoms with Crippen molar-refractivity contribution in [2.45, 2.75) is 152 Å². The molecule has 22 heteroatoms. The Bertz CT molecular complexity index is 3220. The molecular formula is C61H84N10O10S2. The van der Waals surface area contributed by atoms with Crippen LogP contribution in [0.25, 0.3) is 0 Å². The van der Waals surface area contributed by atoms with E-state index in [1.165, 1.54) is 67.6 Å². The summed E-state index contributed by atoms with van der Waals surface area (Å²) in [6.07, 6.45) is 4.26. The molecule has 2 fully saturated rings. The SMILES string of the molecule is CN[C@@H](C)C(=O)N[C@H](C(=O)N1CCN(S(=O)(=O)c2ccc(Oc3ccc(S(=O)(=O)N4CCN(C(=O)[C@@H](NC(=O)[C@H](C)NC)C(C)(C)C)[C@H](C(=O)N[C@@H]5CCCc6ccccc65)C4)cc3)cc2)C[C@H]1N[C@@H]1CCCc2ccccc21)C(C)(C)C. The number of hydrogen-bond donors (Lipinski definition) is 6. The summed E-state index contributed by atoms with van der Waals surface area (Å²) in [4.78, 5) is 73.3.